The van der Waals surface area contributed by atoms with Gasteiger partial charge in [-0.25, -0.2) is 0 Å². The van der Waals surface area contributed by atoms with Gasteiger partial charge in [-0.15, -0.1) is 11.3 Å². The summed E-state index contributed by atoms with van der Waals surface area (Å²) in [4.78, 5) is 2.42. The summed E-state index contributed by atoms with van der Waals surface area (Å²) >= 11 is 1.93. The molecule has 0 radical (unpaired) electrons. The monoisotopic (exact) mass is 944 g/mol. The summed E-state index contributed by atoms with van der Waals surface area (Å²) < 4.78 is 5.25. The number of nitrogens with zero attached hydrogens (tertiary/aromatic N) is 2. The lowest BCUT2D eigenvalue weighted by molar-refractivity contribution is 0.590. The van der Waals surface area contributed by atoms with Crippen molar-refractivity contribution in [1.29, 1.82) is 0 Å². The van der Waals surface area contributed by atoms with E-state index in [0.29, 0.717) is 0 Å². The van der Waals surface area contributed by atoms with E-state index in [1.807, 2.05) is 11.3 Å². The predicted molar refractivity (Wildman–Crippen MR) is 311 cm³/mol. The molecule has 0 bridgehead atoms. The summed E-state index contributed by atoms with van der Waals surface area (Å²) in [6.45, 7) is 13.7. The molecule has 0 spiro atoms. The van der Waals surface area contributed by atoms with Crippen molar-refractivity contribution >= 4 is 86.7 Å². The number of thiophene rings is 1. The van der Waals surface area contributed by atoms with E-state index in [1.165, 1.54) is 108 Å². The minimum atomic E-state index is 0.0529. The third kappa shape index (κ3) is 7.37. The average Bonchev–Trinajstić information content (AvgIpc) is 4.05. The summed E-state index contributed by atoms with van der Waals surface area (Å²) in [5.74, 6) is 0.0529. The average molecular weight is 945 g/mol. The summed E-state index contributed by atoms with van der Waals surface area (Å²) in [6.07, 6.45) is 0. The molecular formula is C69H56N2S. The van der Waals surface area contributed by atoms with Gasteiger partial charge in [-0.3, -0.25) is 0 Å². The largest absolute Gasteiger partial charge is 0.310 e. The number of anilines is 3. The Balaban J connectivity index is 0.995. The van der Waals surface area contributed by atoms with Crippen molar-refractivity contribution in [3.05, 3.63) is 252 Å². The first-order valence-corrected chi connectivity index (χ1v) is 26.2. The molecule has 13 aromatic rings. The van der Waals surface area contributed by atoms with Crippen LogP contribution >= 0.6 is 11.3 Å². The maximum Gasteiger partial charge on any atom is 0.0728 e. The molecule has 3 heteroatoms. The van der Waals surface area contributed by atoms with Crippen LogP contribution in [0.5, 0.6) is 0 Å². The van der Waals surface area contributed by atoms with E-state index in [4.69, 9.17) is 0 Å². The van der Waals surface area contributed by atoms with Crippen molar-refractivity contribution in [2.45, 2.75) is 58.3 Å². The van der Waals surface area contributed by atoms with Crippen molar-refractivity contribution in [3.8, 4) is 22.3 Å². The number of hydrogen-bond donors (Lipinski definition) is 0. The molecule has 1 unspecified atom stereocenters. The van der Waals surface area contributed by atoms with Crippen molar-refractivity contribution in [3.63, 3.8) is 0 Å². The number of hydrogen-bond acceptors (Lipinski definition) is 2. The highest BCUT2D eigenvalue weighted by Gasteiger charge is 2.26. The van der Waals surface area contributed by atoms with E-state index in [1.54, 1.807) is 0 Å². The van der Waals surface area contributed by atoms with Gasteiger partial charge in [0, 0.05) is 49.2 Å². The van der Waals surface area contributed by atoms with Crippen LogP contribution in [0.1, 0.15) is 75.3 Å². The zero-order valence-electron chi connectivity index (χ0n) is 41.7. The molecule has 72 heavy (non-hydrogen) atoms. The minimum absolute atomic E-state index is 0.0529. The molecule has 0 saturated heterocycles. The van der Waals surface area contributed by atoms with Gasteiger partial charge in [-0.2, -0.15) is 0 Å². The van der Waals surface area contributed by atoms with Gasteiger partial charge in [-0.1, -0.05) is 205 Å². The van der Waals surface area contributed by atoms with Crippen LogP contribution in [0.4, 0.5) is 17.1 Å². The summed E-state index contributed by atoms with van der Waals surface area (Å²) in [5, 5.41) is 7.71. The normalized spacial score (nSPS) is 12.8. The molecule has 13 rings (SSSR count). The highest BCUT2D eigenvalue weighted by molar-refractivity contribution is 7.26. The first kappa shape index (κ1) is 44.0. The molecule has 3 heterocycles. The van der Waals surface area contributed by atoms with Gasteiger partial charge in [0.25, 0.3) is 0 Å². The van der Waals surface area contributed by atoms with Crippen molar-refractivity contribution in [1.82, 2.24) is 4.40 Å². The van der Waals surface area contributed by atoms with Crippen LogP contribution in [-0.4, -0.2) is 4.40 Å². The SMILES string of the molecule is CC(C)(C)c1ccc(C(c2ccc(-c3ccccc3)cc2)c2ccc3sc4c5cc6ccc(N(c7ccc(-c8ccccc8)cc7)c7ccc(C(C)(C)C)cc7)cc6c6c7ccccc7n(c4c3c2)c56)cc1. The minimum Gasteiger partial charge on any atom is -0.310 e. The Morgan fingerprint density at radius 1 is 0.389 bits per heavy atom. The van der Waals surface area contributed by atoms with Crippen molar-refractivity contribution < 1.29 is 0 Å². The van der Waals surface area contributed by atoms with Crippen LogP contribution in [0.15, 0.2) is 224 Å². The third-order valence-electron chi connectivity index (χ3n) is 15.2. The van der Waals surface area contributed by atoms with Crippen LogP contribution in [0.3, 0.4) is 0 Å². The molecule has 1 atom stereocenters. The lowest BCUT2D eigenvalue weighted by atomic mass is 9.81. The maximum atomic E-state index is 2.59. The lowest BCUT2D eigenvalue weighted by Gasteiger charge is -2.27. The first-order chi connectivity index (χ1) is 35.0. The van der Waals surface area contributed by atoms with Gasteiger partial charge in [0.1, 0.15) is 0 Å². The standard InChI is InChI=1S/C69H56N2S/c1-68(2,3)52-31-25-49(26-32-52)63(48-23-21-46(22-24-48)44-15-9-7-10-16-44)51-30-40-62-59(42-51)66-67(72-62)60-41-50-29-37-56(43-58(50)64-57-19-13-14-20-61(57)71(66)65(60)64)70(55-38-33-53(34-39-55)69(4,5)6)54-35-27-47(28-36-54)45-17-11-8-12-18-45/h7-43,63H,1-6H3. The summed E-state index contributed by atoms with van der Waals surface area (Å²) in [7, 11) is 0. The van der Waals surface area contributed by atoms with Gasteiger partial charge in [0.2, 0.25) is 0 Å². The fourth-order valence-electron chi connectivity index (χ4n) is 11.4. The molecule has 0 aliphatic carbocycles. The molecule has 0 aliphatic rings. The van der Waals surface area contributed by atoms with E-state index in [9.17, 15) is 0 Å². The van der Waals surface area contributed by atoms with Crippen LogP contribution in [0, 0.1) is 0 Å². The van der Waals surface area contributed by atoms with E-state index in [-0.39, 0.29) is 16.7 Å². The van der Waals surface area contributed by atoms with E-state index >= 15 is 0 Å². The Morgan fingerprint density at radius 2 is 0.889 bits per heavy atom. The molecule has 10 aromatic carbocycles. The molecule has 0 aliphatic heterocycles. The molecule has 2 nitrogen and oxygen atoms in total. The van der Waals surface area contributed by atoms with Crippen LogP contribution in [0.25, 0.3) is 80.5 Å². The van der Waals surface area contributed by atoms with Gasteiger partial charge < -0.3 is 9.30 Å². The molecule has 348 valence electrons. The number of benzene rings is 10. The van der Waals surface area contributed by atoms with Crippen molar-refractivity contribution in [2.24, 2.45) is 0 Å². The molecular weight excluding hydrogens is 889 g/mol. The van der Waals surface area contributed by atoms with E-state index in [2.05, 4.69) is 275 Å². The van der Waals surface area contributed by atoms with Gasteiger partial charge >= 0.3 is 0 Å². The Morgan fingerprint density at radius 3 is 1.50 bits per heavy atom. The van der Waals surface area contributed by atoms with Crippen molar-refractivity contribution in [2.75, 3.05) is 4.90 Å². The zero-order chi connectivity index (χ0) is 48.9. The molecule has 0 N–H and O–H groups in total. The van der Waals surface area contributed by atoms with Gasteiger partial charge in [0.15, 0.2) is 0 Å². The lowest BCUT2D eigenvalue weighted by Crippen LogP contribution is -2.13. The summed E-state index contributed by atoms with van der Waals surface area (Å²) in [5.41, 5.74) is 18.8. The second kappa shape index (κ2) is 16.8. The number of para-hydroxylation sites is 1. The highest BCUT2D eigenvalue weighted by Crippen LogP contribution is 2.50. The second-order valence-electron chi connectivity index (χ2n) is 21.8. The molecule has 0 saturated carbocycles. The smallest absolute Gasteiger partial charge is 0.0728 e. The number of fused-ring (bicyclic) bond motifs is 10. The Bertz CT molecular complexity index is 4110. The second-order valence-corrected chi connectivity index (χ2v) is 22.8. The number of rotatable bonds is 8. The topological polar surface area (TPSA) is 7.65 Å². The molecule has 3 aromatic heterocycles. The first-order valence-electron chi connectivity index (χ1n) is 25.4. The van der Waals surface area contributed by atoms with E-state index < -0.39 is 0 Å². The Kier molecular flexibility index (Phi) is 10.3. The van der Waals surface area contributed by atoms with Crippen LogP contribution in [0.2, 0.25) is 0 Å². The van der Waals surface area contributed by atoms with E-state index in [0.717, 1.165) is 17.1 Å². The maximum absolute atomic E-state index is 2.59. The quantitative estimate of drug-likeness (QED) is 0.138. The Hall–Kier alpha value is -7.98. The highest BCUT2D eigenvalue weighted by atomic mass is 32.1. The van der Waals surface area contributed by atoms with Crippen LogP contribution in [-0.2, 0) is 10.8 Å². The number of aromatic nitrogens is 1. The molecule has 0 amide bonds. The third-order valence-corrected chi connectivity index (χ3v) is 16.4. The Labute approximate surface area is 426 Å². The van der Waals surface area contributed by atoms with Crippen LogP contribution < -0.4 is 4.90 Å². The zero-order valence-corrected chi connectivity index (χ0v) is 42.6. The fourth-order valence-corrected chi connectivity index (χ4v) is 12.5. The van der Waals surface area contributed by atoms with Gasteiger partial charge in [-0.05, 0) is 132 Å². The predicted octanol–water partition coefficient (Wildman–Crippen LogP) is 19.8. The fraction of sp³-hybridized carbons (Fsp3) is 0.130. The van der Waals surface area contributed by atoms with Gasteiger partial charge in [0.05, 0.1) is 21.3 Å². The molecule has 0 fully saturated rings. The summed E-state index contributed by atoms with van der Waals surface area (Å²) in [6, 6.07) is 84.1.